The second-order valence-corrected chi connectivity index (χ2v) is 3.56. The Balaban J connectivity index is 2.87. The van der Waals surface area contributed by atoms with E-state index < -0.39 is 0 Å². The molecule has 2 aromatic rings. The fourth-order valence-corrected chi connectivity index (χ4v) is 1.56. The van der Waals surface area contributed by atoms with Crippen molar-refractivity contribution in [1.82, 2.24) is 10.2 Å². The number of nitrogens with one attached hydrogen (secondary N) is 1. The van der Waals surface area contributed by atoms with E-state index in [2.05, 4.69) is 26.1 Å². The van der Waals surface area contributed by atoms with Crippen LogP contribution in [-0.4, -0.2) is 10.2 Å². The molecular weight excluding hydrogens is 218 g/mol. The minimum absolute atomic E-state index is 0.779. The summed E-state index contributed by atoms with van der Waals surface area (Å²) in [7, 11) is 0. The molecule has 0 amide bonds. The summed E-state index contributed by atoms with van der Waals surface area (Å²) < 4.78 is 0.903. The Bertz CT molecular complexity index is 433. The van der Waals surface area contributed by atoms with Gasteiger partial charge in [-0.25, -0.2) is 0 Å². The largest absolute Gasteiger partial charge is 0.398 e. The van der Waals surface area contributed by atoms with E-state index in [1.54, 1.807) is 0 Å². The van der Waals surface area contributed by atoms with Gasteiger partial charge in [0.25, 0.3) is 0 Å². The first-order chi connectivity index (χ1) is 5.68. The molecule has 1 aromatic carbocycles. The molecule has 0 aliphatic rings. The average Bonchev–Trinajstić information content (AvgIpc) is 2.35. The van der Waals surface area contributed by atoms with Gasteiger partial charge in [0.1, 0.15) is 4.60 Å². The first-order valence-corrected chi connectivity index (χ1v) is 4.37. The predicted octanol–water partition coefficient (Wildman–Crippen LogP) is 2.22. The molecule has 3 nitrogen and oxygen atoms in total. The molecule has 0 aliphatic carbocycles. The SMILES string of the molecule is Cc1cc2c(Br)[nH]nc2cc1N. The third-order valence-electron chi connectivity index (χ3n) is 1.90. The van der Waals surface area contributed by atoms with E-state index in [-0.39, 0.29) is 0 Å². The van der Waals surface area contributed by atoms with E-state index in [9.17, 15) is 0 Å². The molecule has 2 rings (SSSR count). The fourth-order valence-electron chi connectivity index (χ4n) is 1.15. The van der Waals surface area contributed by atoms with Gasteiger partial charge in [0.05, 0.1) is 5.52 Å². The number of aromatic amines is 1. The van der Waals surface area contributed by atoms with Crippen molar-refractivity contribution in [3.63, 3.8) is 0 Å². The lowest BCUT2D eigenvalue weighted by Gasteiger charge is -1.97. The number of hydrogen-bond donors (Lipinski definition) is 2. The molecule has 0 aliphatic heterocycles. The standard InChI is InChI=1S/C8H8BrN3/c1-4-2-5-7(3-6(4)10)11-12-8(5)9/h2-3H,10H2,1H3,(H,11,12). The summed E-state index contributed by atoms with van der Waals surface area (Å²) >= 11 is 3.37. The highest BCUT2D eigenvalue weighted by Crippen LogP contribution is 2.25. The molecule has 0 atom stereocenters. The molecule has 0 saturated carbocycles. The topological polar surface area (TPSA) is 54.7 Å². The number of H-pyrrole nitrogens is 1. The first kappa shape index (κ1) is 7.61. The van der Waals surface area contributed by atoms with Crippen molar-refractivity contribution in [2.45, 2.75) is 6.92 Å². The second kappa shape index (κ2) is 2.48. The van der Waals surface area contributed by atoms with Crippen molar-refractivity contribution < 1.29 is 0 Å². The Labute approximate surface area is 78.1 Å². The minimum atomic E-state index is 0.779. The van der Waals surface area contributed by atoms with Crippen LogP contribution in [0.4, 0.5) is 5.69 Å². The van der Waals surface area contributed by atoms with Crippen LogP contribution in [-0.2, 0) is 0 Å². The van der Waals surface area contributed by atoms with Crippen LogP contribution in [0, 0.1) is 6.92 Å². The number of fused-ring (bicyclic) bond motifs is 1. The lowest BCUT2D eigenvalue weighted by Crippen LogP contribution is -1.88. The number of aromatic nitrogens is 2. The number of nitrogens with two attached hydrogens (primary N) is 1. The van der Waals surface area contributed by atoms with E-state index >= 15 is 0 Å². The molecule has 0 radical (unpaired) electrons. The van der Waals surface area contributed by atoms with Crippen molar-refractivity contribution in [2.75, 3.05) is 5.73 Å². The fraction of sp³-hybridized carbons (Fsp3) is 0.125. The molecule has 62 valence electrons. The lowest BCUT2D eigenvalue weighted by molar-refractivity contribution is 1.10. The Morgan fingerprint density at radius 3 is 3.00 bits per heavy atom. The monoisotopic (exact) mass is 225 g/mol. The first-order valence-electron chi connectivity index (χ1n) is 3.58. The average molecular weight is 226 g/mol. The molecule has 12 heavy (non-hydrogen) atoms. The predicted molar refractivity (Wildman–Crippen MR) is 52.9 cm³/mol. The summed E-state index contributed by atoms with van der Waals surface area (Å²) in [6, 6.07) is 3.88. The summed E-state index contributed by atoms with van der Waals surface area (Å²) in [5.74, 6) is 0. The molecular formula is C8H8BrN3. The zero-order valence-corrected chi connectivity index (χ0v) is 8.14. The molecule has 0 fully saturated rings. The van der Waals surface area contributed by atoms with Crippen LogP contribution >= 0.6 is 15.9 Å². The van der Waals surface area contributed by atoms with Gasteiger partial charge < -0.3 is 5.73 Å². The Morgan fingerprint density at radius 2 is 2.25 bits per heavy atom. The van der Waals surface area contributed by atoms with Gasteiger partial charge in [-0.1, -0.05) is 0 Å². The van der Waals surface area contributed by atoms with Crippen LogP contribution in [0.5, 0.6) is 0 Å². The lowest BCUT2D eigenvalue weighted by atomic mass is 10.1. The third-order valence-corrected chi connectivity index (χ3v) is 2.50. The van der Waals surface area contributed by atoms with Crippen LogP contribution in [0.2, 0.25) is 0 Å². The zero-order chi connectivity index (χ0) is 8.72. The number of rotatable bonds is 0. The van der Waals surface area contributed by atoms with Gasteiger partial charge in [0, 0.05) is 11.1 Å². The molecule has 3 N–H and O–H groups in total. The van der Waals surface area contributed by atoms with Crippen LogP contribution < -0.4 is 5.73 Å². The maximum Gasteiger partial charge on any atom is 0.108 e. The molecule has 0 bridgehead atoms. The highest BCUT2D eigenvalue weighted by molar-refractivity contribution is 9.10. The van der Waals surface area contributed by atoms with E-state index in [4.69, 9.17) is 5.73 Å². The number of anilines is 1. The number of nitrogens with zero attached hydrogens (tertiary/aromatic N) is 1. The number of hydrogen-bond acceptors (Lipinski definition) is 2. The number of aryl methyl sites for hydroxylation is 1. The minimum Gasteiger partial charge on any atom is -0.398 e. The van der Waals surface area contributed by atoms with Gasteiger partial charge in [-0.05, 0) is 40.5 Å². The summed E-state index contributed by atoms with van der Waals surface area (Å²) in [4.78, 5) is 0. The van der Waals surface area contributed by atoms with Crippen molar-refractivity contribution in [1.29, 1.82) is 0 Å². The molecule has 0 unspecified atom stereocenters. The van der Waals surface area contributed by atoms with Crippen LogP contribution in [0.1, 0.15) is 5.56 Å². The normalized spacial score (nSPS) is 10.8. The smallest absolute Gasteiger partial charge is 0.108 e. The van der Waals surface area contributed by atoms with Crippen molar-refractivity contribution in [3.8, 4) is 0 Å². The van der Waals surface area contributed by atoms with Gasteiger partial charge in [0.15, 0.2) is 0 Å². The Hall–Kier alpha value is -1.03. The van der Waals surface area contributed by atoms with E-state index in [0.717, 1.165) is 26.8 Å². The summed E-state index contributed by atoms with van der Waals surface area (Å²) in [6.07, 6.45) is 0. The van der Waals surface area contributed by atoms with E-state index in [0.29, 0.717) is 0 Å². The summed E-state index contributed by atoms with van der Waals surface area (Å²) in [5, 5.41) is 7.98. The van der Waals surface area contributed by atoms with Gasteiger partial charge in [0.2, 0.25) is 0 Å². The van der Waals surface area contributed by atoms with Gasteiger partial charge >= 0.3 is 0 Å². The van der Waals surface area contributed by atoms with Gasteiger partial charge in [-0.2, -0.15) is 5.10 Å². The second-order valence-electron chi connectivity index (χ2n) is 2.76. The number of halogens is 1. The quantitative estimate of drug-likeness (QED) is 0.676. The number of benzene rings is 1. The van der Waals surface area contributed by atoms with Crippen molar-refractivity contribution >= 4 is 32.5 Å². The van der Waals surface area contributed by atoms with Crippen LogP contribution in [0.25, 0.3) is 10.9 Å². The van der Waals surface area contributed by atoms with Crippen LogP contribution in [0.15, 0.2) is 16.7 Å². The van der Waals surface area contributed by atoms with E-state index in [1.807, 2.05) is 19.1 Å². The maximum atomic E-state index is 5.73. The third kappa shape index (κ3) is 0.992. The van der Waals surface area contributed by atoms with Gasteiger partial charge in [-0.3, -0.25) is 5.10 Å². The zero-order valence-electron chi connectivity index (χ0n) is 6.56. The van der Waals surface area contributed by atoms with Gasteiger partial charge in [-0.15, -0.1) is 0 Å². The maximum absolute atomic E-state index is 5.73. The molecule has 4 heteroatoms. The summed E-state index contributed by atoms with van der Waals surface area (Å²) in [6.45, 7) is 1.98. The molecule has 0 saturated heterocycles. The molecule has 1 aromatic heterocycles. The van der Waals surface area contributed by atoms with E-state index in [1.165, 1.54) is 0 Å². The summed E-state index contributed by atoms with van der Waals surface area (Å²) in [5.41, 5.74) is 8.47. The Morgan fingerprint density at radius 1 is 1.50 bits per heavy atom. The molecule has 0 spiro atoms. The van der Waals surface area contributed by atoms with Crippen LogP contribution in [0.3, 0.4) is 0 Å². The Kier molecular flexibility index (Phi) is 1.58. The van der Waals surface area contributed by atoms with Crippen molar-refractivity contribution in [3.05, 3.63) is 22.3 Å². The number of nitrogen functional groups attached to an aromatic ring is 1. The highest BCUT2D eigenvalue weighted by atomic mass is 79.9. The highest BCUT2D eigenvalue weighted by Gasteiger charge is 2.04. The molecule has 1 heterocycles. The van der Waals surface area contributed by atoms with Crippen molar-refractivity contribution in [2.24, 2.45) is 0 Å².